The molecule has 5 nitrogen and oxygen atoms in total. The van der Waals surface area contributed by atoms with Crippen molar-refractivity contribution in [3.63, 3.8) is 0 Å². The molecule has 3 aromatic rings. The summed E-state index contributed by atoms with van der Waals surface area (Å²) in [6.07, 6.45) is 1.32. The van der Waals surface area contributed by atoms with Crippen molar-refractivity contribution in [3.8, 4) is 5.75 Å². The van der Waals surface area contributed by atoms with Crippen LogP contribution in [0.25, 0.3) is 0 Å². The fourth-order valence-corrected chi connectivity index (χ4v) is 2.37. The molecule has 0 fully saturated rings. The summed E-state index contributed by atoms with van der Waals surface area (Å²) in [4.78, 5) is 8.11. The number of anilines is 4. The van der Waals surface area contributed by atoms with Gasteiger partial charge < -0.3 is 15.4 Å². The number of rotatable bonds is 5. The molecule has 0 aliphatic heterocycles. The predicted octanol–water partition coefficient (Wildman–Crippen LogP) is 4.90. The van der Waals surface area contributed by atoms with Crippen LogP contribution in [0, 0.1) is 11.6 Å². The van der Waals surface area contributed by atoms with Crippen LogP contribution in [0.4, 0.5) is 31.8 Å². The normalized spacial score (nSPS) is 10.4. The summed E-state index contributed by atoms with van der Waals surface area (Å²) in [5.74, 6) is 0.0208. The molecule has 128 valence electrons. The highest BCUT2D eigenvalue weighted by atomic mass is 35.5. The molecule has 3 rings (SSSR count). The van der Waals surface area contributed by atoms with Crippen molar-refractivity contribution in [3.05, 3.63) is 65.4 Å². The summed E-state index contributed by atoms with van der Waals surface area (Å²) in [5.41, 5.74) is 0.807. The quantitative estimate of drug-likeness (QED) is 0.675. The summed E-state index contributed by atoms with van der Waals surface area (Å²) in [6.45, 7) is 0. The first-order valence-corrected chi connectivity index (χ1v) is 7.57. The van der Waals surface area contributed by atoms with E-state index in [2.05, 4.69) is 20.6 Å². The molecule has 0 saturated heterocycles. The van der Waals surface area contributed by atoms with E-state index in [1.165, 1.54) is 19.5 Å². The fourth-order valence-electron chi connectivity index (χ4n) is 2.11. The Labute approximate surface area is 147 Å². The molecular formula is C17H13ClF2N4O. The van der Waals surface area contributed by atoms with Gasteiger partial charge in [-0.25, -0.2) is 18.7 Å². The van der Waals surface area contributed by atoms with Gasteiger partial charge in [0.25, 0.3) is 0 Å². The van der Waals surface area contributed by atoms with Gasteiger partial charge in [-0.2, -0.15) is 0 Å². The third-order valence-corrected chi connectivity index (χ3v) is 3.58. The molecule has 0 atom stereocenters. The van der Waals surface area contributed by atoms with Crippen LogP contribution >= 0.6 is 11.6 Å². The third-order valence-electron chi connectivity index (χ3n) is 3.29. The van der Waals surface area contributed by atoms with E-state index >= 15 is 0 Å². The van der Waals surface area contributed by atoms with E-state index in [4.69, 9.17) is 16.3 Å². The maximum Gasteiger partial charge on any atom is 0.149 e. The highest BCUT2D eigenvalue weighted by Crippen LogP contribution is 2.29. The molecule has 1 heterocycles. The smallest absolute Gasteiger partial charge is 0.149 e. The maximum atomic E-state index is 13.7. The van der Waals surface area contributed by atoms with Gasteiger partial charge in [0.15, 0.2) is 0 Å². The third kappa shape index (κ3) is 4.13. The molecular weight excluding hydrogens is 350 g/mol. The molecule has 0 spiro atoms. The molecule has 1 aromatic heterocycles. The molecule has 0 unspecified atom stereocenters. The number of nitrogens with zero attached hydrogens (tertiary/aromatic N) is 2. The number of nitrogens with one attached hydrogen (secondary N) is 2. The largest absolute Gasteiger partial charge is 0.495 e. The Kier molecular flexibility index (Phi) is 4.95. The minimum absolute atomic E-state index is 0.110. The lowest BCUT2D eigenvalue weighted by Crippen LogP contribution is -2.00. The SMILES string of the molecule is COc1ccc(Nc2cc(Nc3ccc(F)cc3F)ncn2)cc1Cl. The Morgan fingerprint density at radius 3 is 2.40 bits per heavy atom. The van der Waals surface area contributed by atoms with E-state index in [1.807, 2.05) is 0 Å². The van der Waals surface area contributed by atoms with E-state index < -0.39 is 11.6 Å². The van der Waals surface area contributed by atoms with Crippen LogP contribution in [0.15, 0.2) is 48.8 Å². The first-order valence-electron chi connectivity index (χ1n) is 7.20. The van der Waals surface area contributed by atoms with Crippen molar-refractivity contribution >= 4 is 34.6 Å². The number of benzene rings is 2. The van der Waals surface area contributed by atoms with Crippen LogP contribution in [-0.4, -0.2) is 17.1 Å². The summed E-state index contributed by atoms with van der Waals surface area (Å²) < 4.78 is 31.8. The summed E-state index contributed by atoms with van der Waals surface area (Å²) >= 11 is 6.08. The van der Waals surface area contributed by atoms with E-state index in [-0.39, 0.29) is 5.69 Å². The second-order valence-corrected chi connectivity index (χ2v) is 5.42. The fraction of sp³-hybridized carbons (Fsp3) is 0.0588. The van der Waals surface area contributed by atoms with Gasteiger partial charge in [0.05, 0.1) is 17.8 Å². The van der Waals surface area contributed by atoms with Crippen molar-refractivity contribution in [2.24, 2.45) is 0 Å². The van der Waals surface area contributed by atoms with E-state index in [0.29, 0.717) is 28.1 Å². The van der Waals surface area contributed by atoms with Gasteiger partial charge in [0, 0.05) is 17.8 Å². The number of hydrogen-bond acceptors (Lipinski definition) is 5. The highest BCUT2D eigenvalue weighted by Gasteiger charge is 2.07. The van der Waals surface area contributed by atoms with E-state index in [0.717, 1.165) is 12.1 Å². The zero-order chi connectivity index (χ0) is 17.8. The van der Waals surface area contributed by atoms with Crippen LogP contribution < -0.4 is 15.4 Å². The molecule has 0 amide bonds. The minimum atomic E-state index is -0.713. The molecule has 25 heavy (non-hydrogen) atoms. The maximum absolute atomic E-state index is 13.7. The molecule has 0 aliphatic rings. The van der Waals surface area contributed by atoms with Gasteiger partial charge >= 0.3 is 0 Å². The molecule has 0 radical (unpaired) electrons. The van der Waals surface area contributed by atoms with Gasteiger partial charge in [-0.05, 0) is 30.3 Å². The highest BCUT2D eigenvalue weighted by molar-refractivity contribution is 6.32. The Balaban J connectivity index is 1.78. The average molecular weight is 363 g/mol. The molecule has 0 saturated carbocycles. The first-order chi connectivity index (χ1) is 12.0. The number of methoxy groups -OCH3 is 1. The molecule has 8 heteroatoms. The minimum Gasteiger partial charge on any atom is -0.495 e. The van der Waals surface area contributed by atoms with Crippen LogP contribution in [0.5, 0.6) is 5.75 Å². The molecule has 2 aromatic carbocycles. The lowest BCUT2D eigenvalue weighted by Gasteiger charge is -2.10. The van der Waals surface area contributed by atoms with Crippen molar-refractivity contribution < 1.29 is 13.5 Å². The van der Waals surface area contributed by atoms with Crippen molar-refractivity contribution in [2.45, 2.75) is 0 Å². The summed E-state index contributed by atoms with van der Waals surface area (Å²) in [5, 5.41) is 6.29. The second kappa shape index (κ2) is 7.31. The van der Waals surface area contributed by atoms with Crippen molar-refractivity contribution in [1.82, 2.24) is 9.97 Å². The zero-order valence-corrected chi connectivity index (χ0v) is 13.8. The molecule has 0 bridgehead atoms. The number of ether oxygens (including phenoxy) is 1. The Morgan fingerprint density at radius 2 is 1.72 bits per heavy atom. The topological polar surface area (TPSA) is 59.1 Å². The van der Waals surface area contributed by atoms with Gasteiger partial charge in [-0.1, -0.05) is 11.6 Å². The van der Waals surface area contributed by atoms with Gasteiger partial charge in [-0.3, -0.25) is 0 Å². The standard InChI is InChI=1S/C17H13ClF2N4O/c1-25-15-5-3-11(7-12(15)18)23-16-8-17(22-9-21-16)24-14-4-2-10(19)6-13(14)20/h2-9H,1H3,(H2,21,22,23,24). The zero-order valence-electron chi connectivity index (χ0n) is 13.1. The average Bonchev–Trinajstić information content (AvgIpc) is 2.58. The van der Waals surface area contributed by atoms with Crippen LogP contribution in [0.3, 0.4) is 0 Å². The van der Waals surface area contributed by atoms with Crippen LogP contribution in [0.2, 0.25) is 5.02 Å². The van der Waals surface area contributed by atoms with Crippen LogP contribution in [-0.2, 0) is 0 Å². The van der Waals surface area contributed by atoms with Crippen molar-refractivity contribution in [1.29, 1.82) is 0 Å². The lowest BCUT2D eigenvalue weighted by molar-refractivity contribution is 0.415. The monoisotopic (exact) mass is 362 g/mol. The van der Waals surface area contributed by atoms with Crippen LogP contribution in [0.1, 0.15) is 0 Å². The van der Waals surface area contributed by atoms with Gasteiger partial charge in [0.1, 0.15) is 35.3 Å². The number of aromatic nitrogens is 2. The first kappa shape index (κ1) is 16.9. The van der Waals surface area contributed by atoms with Gasteiger partial charge in [0.2, 0.25) is 0 Å². The Morgan fingerprint density at radius 1 is 0.960 bits per heavy atom. The van der Waals surface area contributed by atoms with E-state index in [9.17, 15) is 8.78 Å². The number of halogens is 3. The Hall–Kier alpha value is -2.93. The lowest BCUT2D eigenvalue weighted by atomic mass is 10.3. The van der Waals surface area contributed by atoms with Gasteiger partial charge in [-0.15, -0.1) is 0 Å². The number of hydrogen-bond donors (Lipinski definition) is 2. The Bertz CT molecular complexity index is 908. The summed E-state index contributed by atoms with van der Waals surface area (Å²) in [6, 6.07) is 10.0. The van der Waals surface area contributed by atoms with E-state index in [1.54, 1.807) is 24.3 Å². The predicted molar refractivity (Wildman–Crippen MR) is 93.0 cm³/mol. The molecule has 0 aliphatic carbocycles. The van der Waals surface area contributed by atoms with Crippen molar-refractivity contribution in [2.75, 3.05) is 17.7 Å². The molecule has 2 N–H and O–H groups in total. The second-order valence-electron chi connectivity index (χ2n) is 5.01. The summed E-state index contributed by atoms with van der Waals surface area (Å²) in [7, 11) is 1.53.